The maximum absolute atomic E-state index is 13.3. The number of nitrogens with one attached hydrogen (secondary N) is 2. The van der Waals surface area contributed by atoms with Gasteiger partial charge in [0.15, 0.2) is 0 Å². The monoisotopic (exact) mass is 443 g/mol. The Hall–Kier alpha value is -3.71. The van der Waals surface area contributed by atoms with Crippen molar-refractivity contribution in [2.45, 2.75) is 18.5 Å². The van der Waals surface area contributed by atoms with E-state index >= 15 is 0 Å². The van der Waals surface area contributed by atoms with E-state index in [1.165, 1.54) is 11.3 Å². The molecule has 0 spiro atoms. The second-order valence-corrected chi connectivity index (χ2v) is 8.78. The van der Waals surface area contributed by atoms with Crippen LogP contribution in [0.3, 0.4) is 0 Å². The second-order valence-electron chi connectivity index (χ2n) is 7.83. The lowest BCUT2D eigenvalue weighted by atomic mass is 10.1. The Labute approximate surface area is 189 Å². The van der Waals surface area contributed by atoms with Crippen LogP contribution < -0.4 is 10.6 Å². The zero-order valence-electron chi connectivity index (χ0n) is 17.2. The van der Waals surface area contributed by atoms with Gasteiger partial charge in [-0.2, -0.15) is 0 Å². The summed E-state index contributed by atoms with van der Waals surface area (Å²) in [6.45, 7) is 0.413. The number of rotatable bonds is 4. The average Bonchev–Trinajstić information content (AvgIpc) is 3.47. The molecule has 1 fully saturated rings. The van der Waals surface area contributed by atoms with Crippen molar-refractivity contribution in [3.63, 3.8) is 0 Å². The first-order chi connectivity index (χ1) is 15.6. The first-order valence-electron chi connectivity index (χ1n) is 10.4. The lowest BCUT2D eigenvalue weighted by Crippen LogP contribution is -2.51. The van der Waals surface area contributed by atoms with Crippen LogP contribution >= 0.6 is 11.3 Å². The number of nitrogens with zero attached hydrogens (tertiary/aromatic N) is 1. The molecule has 0 radical (unpaired) electrons. The molecule has 2 atom stereocenters. The molecule has 3 heterocycles. The fourth-order valence-electron chi connectivity index (χ4n) is 4.21. The van der Waals surface area contributed by atoms with Crippen molar-refractivity contribution in [3.05, 3.63) is 87.6 Å². The molecule has 3 amide bonds. The molecule has 2 N–H and O–H groups in total. The highest BCUT2D eigenvalue weighted by Gasteiger charge is 2.45. The average molecular weight is 444 g/mol. The zero-order chi connectivity index (χ0) is 22.1. The van der Waals surface area contributed by atoms with Crippen molar-refractivity contribution in [2.24, 2.45) is 0 Å². The topological polar surface area (TPSA) is 78.5 Å². The van der Waals surface area contributed by atoms with Gasteiger partial charge in [0, 0.05) is 6.54 Å². The third-order valence-electron chi connectivity index (χ3n) is 5.79. The fourth-order valence-corrected chi connectivity index (χ4v) is 4.84. The summed E-state index contributed by atoms with van der Waals surface area (Å²) in [7, 11) is 0. The highest BCUT2D eigenvalue weighted by Crippen LogP contribution is 2.30. The molecule has 2 aliphatic heterocycles. The van der Waals surface area contributed by atoms with Crippen molar-refractivity contribution in [2.75, 3.05) is 11.9 Å². The summed E-state index contributed by atoms with van der Waals surface area (Å²) in [6.07, 6.45) is 4.46. The van der Waals surface area contributed by atoms with E-state index < -0.39 is 12.1 Å². The minimum atomic E-state index is -0.734. The zero-order valence-corrected chi connectivity index (χ0v) is 18.0. The summed E-state index contributed by atoms with van der Waals surface area (Å²) in [5.74, 6) is -0.702. The summed E-state index contributed by atoms with van der Waals surface area (Å²) in [5.41, 5.74) is 2.89. The van der Waals surface area contributed by atoms with Crippen molar-refractivity contribution in [1.29, 1.82) is 0 Å². The number of hydrogen-bond acceptors (Lipinski definition) is 4. The molecule has 1 saturated heterocycles. The molecule has 160 valence electrons. The number of hydrogen-bond donors (Lipinski definition) is 2. The molecular weight excluding hydrogens is 422 g/mol. The molecule has 0 saturated carbocycles. The molecular formula is C25H21N3O3S. The molecule has 5 rings (SSSR count). The van der Waals surface area contributed by atoms with Crippen LogP contribution in [0.2, 0.25) is 0 Å². The normalized spacial score (nSPS) is 19.9. The van der Waals surface area contributed by atoms with E-state index in [4.69, 9.17) is 0 Å². The third-order valence-corrected chi connectivity index (χ3v) is 6.66. The van der Waals surface area contributed by atoms with Crippen LogP contribution in [-0.4, -0.2) is 41.2 Å². The Bertz CT molecular complexity index is 1200. The van der Waals surface area contributed by atoms with E-state index in [9.17, 15) is 14.4 Å². The lowest BCUT2D eigenvalue weighted by molar-refractivity contribution is -0.120. The molecule has 1 aromatic heterocycles. The van der Waals surface area contributed by atoms with Gasteiger partial charge in [-0.05, 0) is 41.1 Å². The van der Waals surface area contributed by atoms with E-state index in [1.807, 2.05) is 60.0 Å². The van der Waals surface area contributed by atoms with Crippen LogP contribution in [0.1, 0.15) is 37.6 Å². The number of thiophene rings is 1. The van der Waals surface area contributed by atoms with Crippen LogP contribution in [0.25, 0.3) is 12.2 Å². The van der Waals surface area contributed by atoms with Gasteiger partial charge < -0.3 is 15.5 Å². The van der Waals surface area contributed by atoms with Gasteiger partial charge >= 0.3 is 0 Å². The van der Waals surface area contributed by atoms with E-state index in [2.05, 4.69) is 10.6 Å². The van der Waals surface area contributed by atoms with Gasteiger partial charge in [-0.3, -0.25) is 14.4 Å². The Morgan fingerprint density at radius 1 is 1.03 bits per heavy atom. The van der Waals surface area contributed by atoms with Gasteiger partial charge in [-0.15, -0.1) is 11.3 Å². The molecule has 2 aromatic carbocycles. The number of carbonyl (C=O) groups is 3. The summed E-state index contributed by atoms with van der Waals surface area (Å²) in [6, 6.07) is 17.7. The van der Waals surface area contributed by atoms with Gasteiger partial charge in [0.2, 0.25) is 5.91 Å². The minimum absolute atomic E-state index is 0.203. The smallest absolute Gasteiger partial charge is 0.261 e. The number of carbonyl (C=O) groups excluding carboxylic acids is 3. The van der Waals surface area contributed by atoms with E-state index in [-0.39, 0.29) is 17.7 Å². The SMILES string of the molecule is O=C(NC1CCN2C(=O)c3cc(C=Cc4ccccc4)ccc3NC(=O)C12)c1cccs1. The van der Waals surface area contributed by atoms with Gasteiger partial charge in [0.05, 0.1) is 22.2 Å². The predicted molar refractivity (Wildman–Crippen MR) is 125 cm³/mol. The standard InChI is InChI=1S/C25H21N3O3S/c29-23(21-7-4-14-32-21)27-20-12-13-28-22(20)24(30)26-19-11-10-17(15-18(19)25(28)31)9-8-16-5-2-1-3-6-16/h1-11,14-15,20,22H,12-13H2,(H,26,30)(H,27,29). The molecule has 2 aliphatic rings. The summed E-state index contributed by atoms with van der Waals surface area (Å²) in [5, 5.41) is 7.66. The molecule has 32 heavy (non-hydrogen) atoms. The molecule has 0 bridgehead atoms. The first-order valence-corrected chi connectivity index (χ1v) is 11.3. The number of fused-ring (bicyclic) bond motifs is 2. The van der Waals surface area contributed by atoms with E-state index in [1.54, 1.807) is 23.1 Å². The molecule has 0 aliphatic carbocycles. The second kappa shape index (κ2) is 8.43. The van der Waals surface area contributed by atoms with Crippen LogP contribution in [0.15, 0.2) is 66.0 Å². The van der Waals surface area contributed by atoms with Gasteiger partial charge in [-0.25, -0.2) is 0 Å². The van der Waals surface area contributed by atoms with Gasteiger partial charge in [-0.1, -0.05) is 54.6 Å². The van der Waals surface area contributed by atoms with Crippen molar-refractivity contribution in [1.82, 2.24) is 10.2 Å². The maximum atomic E-state index is 13.3. The predicted octanol–water partition coefficient (Wildman–Crippen LogP) is 3.88. The summed E-state index contributed by atoms with van der Waals surface area (Å²) < 4.78 is 0. The highest BCUT2D eigenvalue weighted by molar-refractivity contribution is 7.12. The Morgan fingerprint density at radius 2 is 1.84 bits per heavy atom. The molecule has 3 aromatic rings. The van der Waals surface area contributed by atoms with Crippen molar-refractivity contribution >= 4 is 46.9 Å². The van der Waals surface area contributed by atoms with Crippen LogP contribution in [0.4, 0.5) is 5.69 Å². The van der Waals surface area contributed by atoms with Gasteiger partial charge in [0.25, 0.3) is 11.8 Å². The van der Waals surface area contributed by atoms with Gasteiger partial charge in [0.1, 0.15) is 6.04 Å². The molecule has 7 heteroatoms. The molecule has 2 unspecified atom stereocenters. The van der Waals surface area contributed by atoms with Crippen LogP contribution in [0.5, 0.6) is 0 Å². The summed E-state index contributed by atoms with van der Waals surface area (Å²) >= 11 is 1.34. The largest absolute Gasteiger partial charge is 0.346 e. The molecule has 6 nitrogen and oxygen atoms in total. The Kier molecular flexibility index (Phi) is 5.33. The number of anilines is 1. The minimum Gasteiger partial charge on any atom is -0.346 e. The number of benzene rings is 2. The third kappa shape index (κ3) is 3.83. The lowest BCUT2D eigenvalue weighted by Gasteiger charge is -2.24. The van der Waals surface area contributed by atoms with Crippen LogP contribution in [-0.2, 0) is 4.79 Å². The van der Waals surface area contributed by atoms with Crippen molar-refractivity contribution < 1.29 is 14.4 Å². The summed E-state index contributed by atoms with van der Waals surface area (Å²) in [4.78, 5) is 41.0. The fraction of sp³-hybridized carbons (Fsp3) is 0.160. The number of amides is 3. The maximum Gasteiger partial charge on any atom is 0.261 e. The first kappa shape index (κ1) is 20.2. The Morgan fingerprint density at radius 3 is 2.62 bits per heavy atom. The quantitative estimate of drug-likeness (QED) is 0.601. The highest BCUT2D eigenvalue weighted by atomic mass is 32.1. The van der Waals surface area contributed by atoms with E-state index in [0.717, 1.165) is 11.1 Å². The van der Waals surface area contributed by atoms with Crippen molar-refractivity contribution in [3.8, 4) is 0 Å². The van der Waals surface area contributed by atoms with Crippen LogP contribution in [0, 0.1) is 0 Å². The Balaban J connectivity index is 1.39. The van der Waals surface area contributed by atoms with E-state index in [0.29, 0.717) is 29.1 Å².